The Morgan fingerprint density at radius 3 is 1.50 bits per heavy atom. The monoisotopic (exact) mass is 456 g/mol. The van der Waals surface area contributed by atoms with Gasteiger partial charge >= 0.3 is 0 Å². The van der Waals surface area contributed by atoms with Gasteiger partial charge in [-0.15, -0.1) is 0 Å². The molecule has 0 aliphatic rings. The molecule has 6 aromatic carbocycles. The van der Waals surface area contributed by atoms with E-state index in [1.165, 1.54) is 76.5 Å². The first-order valence-electron chi connectivity index (χ1n) is 12.5. The van der Waals surface area contributed by atoms with E-state index in [1.807, 2.05) is 0 Å². The maximum absolute atomic E-state index is 2.50. The summed E-state index contributed by atoms with van der Waals surface area (Å²) >= 11 is 0. The highest BCUT2D eigenvalue weighted by atomic mass is 15.0. The second-order valence-electron chi connectivity index (χ2n) is 9.77. The third kappa shape index (κ3) is 2.09. The van der Waals surface area contributed by atoms with Crippen molar-refractivity contribution in [1.29, 1.82) is 0 Å². The molecule has 9 rings (SSSR count). The Labute approximate surface area is 206 Å². The molecule has 0 atom stereocenters. The maximum Gasteiger partial charge on any atom is 0.0796 e. The first-order chi connectivity index (χ1) is 17.9. The lowest BCUT2D eigenvalue weighted by Gasteiger charge is -2.12. The number of hydrogen-bond acceptors (Lipinski definition) is 0. The van der Waals surface area contributed by atoms with Crippen LogP contribution in [0, 0.1) is 0 Å². The predicted molar refractivity (Wildman–Crippen MR) is 153 cm³/mol. The molecule has 0 aliphatic heterocycles. The number of para-hydroxylation sites is 3. The Morgan fingerprint density at radius 1 is 0.333 bits per heavy atom. The highest BCUT2D eigenvalue weighted by molar-refractivity contribution is 6.37. The molecule has 0 bridgehead atoms. The Balaban J connectivity index is 1.67. The fraction of sp³-hybridized carbons (Fsp3) is 0. The largest absolute Gasteiger partial charge is 0.305 e. The summed E-state index contributed by atoms with van der Waals surface area (Å²) in [6.45, 7) is 0. The van der Waals surface area contributed by atoms with Crippen molar-refractivity contribution < 1.29 is 0 Å². The normalized spacial score (nSPS) is 12.4. The van der Waals surface area contributed by atoms with Crippen LogP contribution < -0.4 is 0 Å². The lowest BCUT2D eigenvalue weighted by atomic mass is 9.97. The molecule has 0 radical (unpaired) electrons. The van der Waals surface area contributed by atoms with E-state index in [-0.39, 0.29) is 0 Å². The molecule has 0 amide bonds. The third-order valence-corrected chi connectivity index (χ3v) is 8.00. The zero-order chi connectivity index (χ0) is 23.4. The zero-order valence-electron chi connectivity index (χ0n) is 19.4. The highest BCUT2D eigenvalue weighted by Crippen LogP contribution is 2.47. The molecule has 0 N–H and O–H groups in total. The predicted octanol–water partition coefficient (Wildman–Crippen LogP) is 9.06. The number of hydrogen-bond donors (Lipinski definition) is 0. The van der Waals surface area contributed by atoms with Crippen LogP contribution in [0.2, 0.25) is 0 Å². The van der Waals surface area contributed by atoms with Crippen LogP contribution in [0.4, 0.5) is 0 Å². The number of nitrogens with zero attached hydrogens (tertiary/aromatic N) is 2. The van der Waals surface area contributed by atoms with Crippen molar-refractivity contribution in [1.82, 2.24) is 8.80 Å². The van der Waals surface area contributed by atoms with Gasteiger partial charge in [-0.1, -0.05) is 91.0 Å². The van der Waals surface area contributed by atoms with Gasteiger partial charge in [0.1, 0.15) is 0 Å². The average Bonchev–Trinajstić information content (AvgIpc) is 3.48. The summed E-state index contributed by atoms with van der Waals surface area (Å²) in [5, 5.41) is 7.93. The van der Waals surface area contributed by atoms with E-state index in [4.69, 9.17) is 0 Å². The van der Waals surface area contributed by atoms with E-state index >= 15 is 0 Å². The van der Waals surface area contributed by atoms with Crippen molar-refractivity contribution in [3.05, 3.63) is 121 Å². The summed E-state index contributed by atoms with van der Waals surface area (Å²) in [6, 6.07) is 44.3. The van der Waals surface area contributed by atoms with Crippen LogP contribution >= 0.6 is 0 Å². The van der Waals surface area contributed by atoms with Gasteiger partial charge in [0.25, 0.3) is 0 Å². The highest BCUT2D eigenvalue weighted by Gasteiger charge is 2.24. The van der Waals surface area contributed by atoms with Crippen molar-refractivity contribution in [2.45, 2.75) is 0 Å². The maximum atomic E-state index is 2.50. The van der Waals surface area contributed by atoms with Gasteiger partial charge in [-0.05, 0) is 52.2 Å². The summed E-state index contributed by atoms with van der Waals surface area (Å²) in [4.78, 5) is 0. The minimum Gasteiger partial charge on any atom is -0.305 e. The summed E-state index contributed by atoms with van der Waals surface area (Å²) in [5.41, 5.74) is 10.1. The number of rotatable bonds is 1. The zero-order valence-corrected chi connectivity index (χ0v) is 19.4. The summed E-state index contributed by atoms with van der Waals surface area (Å²) in [6.07, 6.45) is 0. The molecule has 2 nitrogen and oxygen atoms in total. The molecular weight excluding hydrogens is 436 g/mol. The smallest absolute Gasteiger partial charge is 0.0796 e. The fourth-order valence-electron chi connectivity index (χ4n) is 6.60. The molecule has 2 heteroatoms. The van der Waals surface area contributed by atoms with E-state index in [2.05, 4.69) is 130 Å². The van der Waals surface area contributed by atoms with Crippen LogP contribution in [0.3, 0.4) is 0 Å². The molecule has 0 aliphatic carbocycles. The van der Waals surface area contributed by atoms with E-state index in [9.17, 15) is 0 Å². The lowest BCUT2D eigenvalue weighted by molar-refractivity contribution is 1.26. The van der Waals surface area contributed by atoms with Crippen LogP contribution in [0.1, 0.15) is 0 Å². The van der Waals surface area contributed by atoms with E-state index in [1.54, 1.807) is 0 Å². The summed E-state index contributed by atoms with van der Waals surface area (Å²) in [7, 11) is 0. The second kappa shape index (κ2) is 6.44. The summed E-state index contributed by atoms with van der Waals surface area (Å²) in [5.74, 6) is 0. The molecule has 3 aromatic heterocycles. The molecule has 0 fully saturated rings. The minimum absolute atomic E-state index is 1.23. The van der Waals surface area contributed by atoms with Crippen molar-refractivity contribution >= 4 is 65.4 Å². The molecule has 166 valence electrons. The number of benzene rings is 6. The van der Waals surface area contributed by atoms with Crippen LogP contribution in [0.15, 0.2) is 121 Å². The standard InChI is InChI=1S/C34H20N2/c1-2-10-21(11-3-1)22-18-19-28-26(20-22)32-24-13-5-4-12-23(24)31-25-14-6-7-15-27(25)35-29-16-8-9-17-30(29)36(28)34(32)33(31)35/h1-20H. The fourth-order valence-corrected chi connectivity index (χ4v) is 6.60. The van der Waals surface area contributed by atoms with Gasteiger partial charge in [0.2, 0.25) is 0 Å². The van der Waals surface area contributed by atoms with Gasteiger partial charge in [-0.25, -0.2) is 0 Å². The van der Waals surface area contributed by atoms with Crippen LogP contribution in [0.25, 0.3) is 76.5 Å². The molecular formula is C34H20N2. The van der Waals surface area contributed by atoms with E-state index < -0.39 is 0 Å². The Hall–Kier alpha value is -4.82. The van der Waals surface area contributed by atoms with Crippen LogP contribution in [-0.2, 0) is 0 Å². The van der Waals surface area contributed by atoms with E-state index in [0.29, 0.717) is 0 Å². The first kappa shape index (κ1) is 18.5. The molecule has 0 unspecified atom stereocenters. The molecule has 0 spiro atoms. The second-order valence-corrected chi connectivity index (χ2v) is 9.77. The number of aromatic nitrogens is 2. The summed E-state index contributed by atoms with van der Waals surface area (Å²) < 4.78 is 4.99. The molecule has 0 saturated carbocycles. The minimum atomic E-state index is 1.23. The van der Waals surface area contributed by atoms with Gasteiger partial charge in [0.05, 0.1) is 33.1 Å². The average molecular weight is 457 g/mol. The quantitative estimate of drug-likeness (QED) is 0.218. The Kier molecular flexibility index (Phi) is 3.31. The van der Waals surface area contributed by atoms with Crippen LogP contribution in [-0.4, -0.2) is 8.80 Å². The van der Waals surface area contributed by atoms with Gasteiger partial charge in [-0.3, -0.25) is 0 Å². The van der Waals surface area contributed by atoms with Crippen molar-refractivity contribution in [2.75, 3.05) is 0 Å². The Morgan fingerprint density at radius 2 is 0.833 bits per heavy atom. The lowest BCUT2D eigenvalue weighted by Crippen LogP contribution is -1.97. The molecule has 9 aromatic rings. The molecule has 3 heterocycles. The first-order valence-corrected chi connectivity index (χ1v) is 12.5. The number of fused-ring (bicyclic) bond motifs is 12. The van der Waals surface area contributed by atoms with Crippen molar-refractivity contribution in [3.8, 4) is 11.1 Å². The van der Waals surface area contributed by atoms with Crippen LogP contribution in [0.5, 0.6) is 0 Å². The molecule has 36 heavy (non-hydrogen) atoms. The van der Waals surface area contributed by atoms with E-state index in [0.717, 1.165) is 0 Å². The SMILES string of the molecule is c1ccc(-c2ccc3c(c2)c2c4ccccc4c4c5ccccc5n5c6ccccc6n3c2c45)cc1. The van der Waals surface area contributed by atoms with Gasteiger partial charge in [0, 0.05) is 21.5 Å². The Bertz CT molecular complexity index is 2260. The topological polar surface area (TPSA) is 8.82 Å². The van der Waals surface area contributed by atoms with Gasteiger partial charge < -0.3 is 8.80 Å². The van der Waals surface area contributed by atoms with Gasteiger partial charge in [-0.2, -0.15) is 0 Å². The molecule has 0 saturated heterocycles. The van der Waals surface area contributed by atoms with Crippen molar-refractivity contribution in [2.24, 2.45) is 0 Å². The van der Waals surface area contributed by atoms with Gasteiger partial charge in [0.15, 0.2) is 0 Å². The van der Waals surface area contributed by atoms with Crippen molar-refractivity contribution in [3.63, 3.8) is 0 Å². The third-order valence-electron chi connectivity index (χ3n) is 8.00.